The van der Waals surface area contributed by atoms with E-state index in [2.05, 4.69) is 4.90 Å². The minimum Gasteiger partial charge on any atom is -0.337 e. The highest BCUT2D eigenvalue weighted by molar-refractivity contribution is 7.12. The van der Waals surface area contributed by atoms with E-state index in [0.29, 0.717) is 17.9 Å². The second kappa shape index (κ2) is 9.40. The molecular formula is C24H31FN2OS. The van der Waals surface area contributed by atoms with E-state index in [0.717, 1.165) is 36.9 Å². The summed E-state index contributed by atoms with van der Waals surface area (Å²) < 4.78 is 14.4. The molecule has 2 aromatic rings. The highest BCUT2D eigenvalue weighted by Gasteiger charge is 2.34. The minimum atomic E-state index is -0.169. The van der Waals surface area contributed by atoms with Crippen molar-refractivity contribution in [3.63, 3.8) is 0 Å². The molecule has 1 aromatic heterocycles. The highest BCUT2D eigenvalue weighted by Crippen LogP contribution is 2.32. The SMILES string of the molecule is CN(C(=O)c1cccs1)C(Cc1ccccc1F)C1CCN(C2CCCC2)CC1. The van der Waals surface area contributed by atoms with Crippen molar-refractivity contribution in [2.45, 2.75) is 57.0 Å². The number of benzene rings is 1. The van der Waals surface area contributed by atoms with Gasteiger partial charge in [-0.2, -0.15) is 0 Å². The molecule has 0 N–H and O–H groups in total. The van der Waals surface area contributed by atoms with E-state index in [1.165, 1.54) is 43.1 Å². The smallest absolute Gasteiger partial charge is 0.263 e. The third-order valence-electron chi connectivity index (χ3n) is 6.90. The summed E-state index contributed by atoms with van der Waals surface area (Å²) in [4.78, 5) is 18.4. The molecule has 1 unspecified atom stereocenters. The Balaban J connectivity index is 1.50. The maximum absolute atomic E-state index is 14.4. The van der Waals surface area contributed by atoms with E-state index >= 15 is 0 Å². The third-order valence-corrected chi connectivity index (χ3v) is 7.75. The van der Waals surface area contributed by atoms with Gasteiger partial charge in [0.25, 0.3) is 5.91 Å². The maximum atomic E-state index is 14.4. The lowest BCUT2D eigenvalue weighted by atomic mass is 9.84. The minimum absolute atomic E-state index is 0.0206. The largest absolute Gasteiger partial charge is 0.337 e. The molecule has 1 atom stereocenters. The van der Waals surface area contributed by atoms with E-state index in [-0.39, 0.29) is 17.8 Å². The molecule has 5 heteroatoms. The highest BCUT2D eigenvalue weighted by atomic mass is 32.1. The molecular weight excluding hydrogens is 383 g/mol. The van der Waals surface area contributed by atoms with Crippen LogP contribution in [0.1, 0.15) is 53.8 Å². The van der Waals surface area contributed by atoms with Crippen LogP contribution in [0.25, 0.3) is 0 Å². The van der Waals surface area contributed by atoms with Crippen molar-refractivity contribution in [3.8, 4) is 0 Å². The molecule has 1 saturated heterocycles. The number of thiophene rings is 1. The molecule has 0 bridgehead atoms. The van der Waals surface area contributed by atoms with Crippen LogP contribution in [0.3, 0.4) is 0 Å². The van der Waals surface area contributed by atoms with Crippen molar-refractivity contribution in [1.29, 1.82) is 0 Å². The Kier molecular flexibility index (Phi) is 6.66. The first-order valence-corrected chi connectivity index (χ1v) is 11.8. The number of carbonyl (C=O) groups excluding carboxylic acids is 1. The van der Waals surface area contributed by atoms with Gasteiger partial charge in [-0.25, -0.2) is 4.39 Å². The second-order valence-corrected chi connectivity index (χ2v) is 9.52. The van der Waals surface area contributed by atoms with Gasteiger partial charge in [0.1, 0.15) is 5.82 Å². The molecule has 3 nitrogen and oxygen atoms in total. The molecule has 2 fully saturated rings. The third kappa shape index (κ3) is 4.72. The van der Waals surface area contributed by atoms with Crippen LogP contribution in [0.4, 0.5) is 4.39 Å². The quantitative estimate of drug-likeness (QED) is 0.647. The molecule has 29 heavy (non-hydrogen) atoms. The second-order valence-electron chi connectivity index (χ2n) is 8.57. The first-order chi connectivity index (χ1) is 14.1. The Morgan fingerprint density at radius 2 is 1.86 bits per heavy atom. The Morgan fingerprint density at radius 3 is 2.52 bits per heavy atom. The van der Waals surface area contributed by atoms with Crippen molar-refractivity contribution in [2.75, 3.05) is 20.1 Å². The van der Waals surface area contributed by atoms with Crippen LogP contribution in [-0.4, -0.2) is 47.9 Å². The van der Waals surface area contributed by atoms with Gasteiger partial charge >= 0.3 is 0 Å². The lowest BCUT2D eigenvalue weighted by Crippen LogP contribution is -2.49. The first-order valence-electron chi connectivity index (χ1n) is 10.9. The van der Waals surface area contributed by atoms with Gasteiger partial charge in [-0.3, -0.25) is 4.79 Å². The molecule has 1 saturated carbocycles. The van der Waals surface area contributed by atoms with Crippen molar-refractivity contribution >= 4 is 17.2 Å². The predicted octanol–water partition coefficient (Wildman–Crippen LogP) is 5.23. The number of likely N-dealkylation sites (N-methyl/N-ethyl adjacent to an activating group) is 1. The lowest BCUT2D eigenvalue weighted by Gasteiger charge is -2.41. The normalized spacial score (nSPS) is 20.1. The number of hydrogen-bond acceptors (Lipinski definition) is 3. The number of halogens is 1. The summed E-state index contributed by atoms with van der Waals surface area (Å²) in [5.74, 6) is 0.290. The maximum Gasteiger partial charge on any atom is 0.263 e. The Bertz CT molecular complexity index is 795. The van der Waals surface area contributed by atoms with Gasteiger partial charge in [-0.05, 0) is 74.2 Å². The van der Waals surface area contributed by atoms with E-state index in [4.69, 9.17) is 0 Å². The van der Waals surface area contributed by atoms with Crippen molar-refractivity contribution in [2.24, 2.45) is 5.92 Å². The Labute approximate surface area is 177 Å². The molecule has 1 aromatic carbocycles. The molecule has 4 rings (SSSR count). The van der Waals surface area contributed by atoms with E-state index in [1.807, 2.05) is 41.6 Å². The van der Waals surface area contributed by atoms with E-state index < -0.39 is 0 Å². The van der Waals surface area contributed by atoms with Crippen molar-refractivity contribution < 1.29 is 9.18 Å². The van der Waals surface area contributed by atoms with Gasteiger partial charge in [-0.1, -0.05) is 37.1 Å². The van der Waals surface area contributed by atoms with E-state index in [9.17, 15) is 9.18 Å². The monoisotopic (exact) mass is 414 g/mol. The summed E-state index contributed by atoms with van der Waals surface area (Å²) in [6.07, 6.45) is 8.13. The van der Waals surface area contributed by atoms with Crippen molar-refractivity contribution in [3.05, 3.63) is 58.0 Å². The molecule has 1 aliphatic heterocycles. The standard InChI is InChI=1S/C24H31FN2OS/c1-26(24(28)23-11-6-16-29-23)22(17-19-7-2-5-10-21(19)25)18-12-14-27(15-13-18)20-8-3-4-9-20/h2,5-7,10-11,16,18,20,22H,3-4,8-9,12-15,17H2,1H3. The molecule has 156 valence electrons. The summed E-state index contributed by atoms with van der Waals surface area (Å²) in [5.41, 5.74) is 0.710. The number of hydrogen-bond donors (Lipinski definition) is 0. The van der Waals surface area contributed by atoms with Gasteiger partial charge in [0, 0.05) is 19.1 Å². The summed E-state index contributed by atoms with van der Waals surface area (Å²) in [5, 5.41) is 1.94. The van der Waals surface area contributed by atoms with Gasteiger partial charge in [0.2, 0.25) is 0 Å². The topological polar surface area (TPSA) is 23.6 Å². The predicted molar refractivity (Wildman–Crippen MR) is 117 cm³/mol. The average molecular weight is 415 g/mol. The molecule has 0 spiro atoms. The van der Waals surface area contributed by atoms with Gasteiger partial charge < -0.3 is 9.80 Å². The Morgan fingerprint density at radius 1 is 1.14 bits per heavy atom. The number of nitrogens with zero attached hydrogens (tertiary/aromatic N) is 2. The van der Waals surface area contributed by atoms with Crippen LogP contribution >= 0.6 is 11.3 Å². The fourth-order valence-electron chi connectivity index (χ4n) is 5.17. The number of piperidine rings is 1. The van der Waals surface area contributed by atoms with Gasteiger partial charge in [-0.15, -0.1) is 11.3 Å². The molecule has 2 heterocycles. The number of rotatable bonds is 6. The van der Waals surface area contributed by atoms with Crippen molar-refractivity contribution in [1.82, 2.24) is 9.80 Å². The fraction of sp³-hybridized carbons (Fsp3) is 0.542. The van der Waals surface area contributed by atoms with Gasteiger partial charge in [0.15, 0.2) is 0 Å². The van der Waals surface area contributed by atoms with Crippen LogP contribution in [0.15, 0.2) is 41.8 Å². The summed E-state index contributed by atoms with van der Waals surface area (Å²) in [6.45, 7) is 2.20. The Hall–Kier alpha value is -1.72. The number of amides is 1. The lowest BCUT2D eigenvalue weighted by molar-refractivity contribution is 0.0549. The van der Waals surface area contributed by atoms with Crippen LogP contribution < -0.4 is 0 Å². The molecule has 2 aliphatic rings. The first kappa shape index (κ1) is 20.5. The van der Waals surface area contributed by atoms with E-state index in [1.54, 1.807) is 6.07 Å². The van der Waals surface area contributed by atoms with Crippen LogP contribution in [0.5, 0.6) is 0 Å². The fourth-order valence-corrected chi connectivity index (χ4v) is 5.88. The summed E-state index contributed by atoms with van der Waals surface area (Å²) >= 11 is 1.48. The van der Waals surface area contributed by atoms with Crippen LogP contribution in [-0.2, 0) is 6.42 Å². The molecule has 1 aliphatic carbocycles. The van der Waals surface area contributed by atoms with Crippen LogP contribution in [0.2, 0.25) is 0 Å². The summed E-state index contributed by atoms with van der Waals surface area (Å²) in [7, 11) is 1.90. The molecule has 0 radical (unpaired) electrons. The summed E-state index contributed by atoms with van der Waals surface area (Å²) in [6, 6.07) is 11.6. The number of likely N-dealkylation sites (tertiary alicyclic amines) is 1. The zero-order valence-electron chi connectivity index (χ0n) is 17.2. The van der Waals surface area contributed by atoms with Crippen LogP contribution in [0, 0.1) is 11.7 Å². The zero-order chi connectivity index (χ0) is 20.2. The number of carbonyl (C=O) groups is 1. The zero-order valence-corrected chi connectivity index (χ0v) is 18.0. The molecule has 1 amide bonds. The van der Waals surface area contributed by atoms with Gasteiger partial charge in [0.05, 0.1) is 4.88 Å². The average Bonchev–Trinajstić information content (AvgIpc) is 3.47.